The molecule has 0 amide bonds. The molecule has 3 N–H and O–H groups in total. The van der Waals surface area contributed by atoms with E-state index in [4.69, 9.17) is 5.84 Å². The van der Waals surface area contributed by atoms with Gasteiger partial charge in [0.15, 0.2) is 0 Å². The third-order valence-corrected chi connectivity index (χ3v) is 3.23. The molecule has 2 rings (SSSR count). The number of hydrazine groups is 1. The average Bonchev–Trinajstić information content (AvgIpc) is 2.83. The Kier molecular flexibility index (Phi) is 4.59. The molecule has 1 atom stereocenters. The third-order valence-electron chi connectivity index (χ3n) is 3.23. The van der Waals surface area contributed by atoms with E-state index < -0.39 is 11.7 Å². The first-order valence-corrected chi connectivity index (χ1v) is 6.35. The van der Waals surface area contributed by atoms with Gasteiger partial charge in [-0.05, 0) is 24.1 Å². The normalized spacial score (nSPS) is 13.4. The third kappa shape index (κ3) is 4.02. The number of halogens is 3. The van der Waals surface area contributed by atoms with E-state index in [0.717, 1.165) is 23.5 Å². The van der Waals surface area contributed by atoms with Gasteiger partial charge in [-0.25, -0.2) is 4.98 Å². The molecule has 21 heavy (non-hydrogen) atoms. The smallest absolute Gasteiger partial charge is 0.271 e. The molecule has 0 bridgehead atoms. The molecule has 0 radical (unpaired) electrons. The molecule has 0 spiro atoms. The van der Waals surface area contributed by atoms with E-state index in [1.807, 2.05) is 0 Å². The largest absolute Gasteiger partial charge is 0.416 e. The van der Waals surface area contributed by atoms with Crippen molar-refractivity contribution in [2.45, 2.75) is 25.1 Å². The highest BCUT2D eigenvalue weighted by atomic mass is 19.4. The number of rotatable bonds is 5. The van der Waals surface area contributed by atoms with Crippen molar-refractivity contribution in [3.8, 4) is 0 Å². The fraction of sp³-hybridized carbons (Fsp3) is 0.385. The highest BCUT2D eigenvalue weighted by molar-refractivity contribution is 5.25. The van der Waals surface area contributed by atoms with E-state index in [2.05, 4.69) is 15.5 Å². The zero-order valence-electron chi connectivity index (χ0n) is 11.4. The predicted molar refractivity (Wildman–Crippen MR) is 71.0 cm³/mol. The molecule has 114 valence electrons. The first-order valence-electron chi connectivity index (χ1n) is 6.35. The standard InChI is InChI=1S/C13H16F3N5/c1-21-12(18-8-19-21)7-11(20-17)6-9-2-4-10(5-3-9)13(14,15)16/h2-5,8,11,20H,6-7,17H2,1H3. The highest BCUT2D eigenvalue weighted by Gasteiger charge is 2.30. The predicted octanol–water partition coefficient (Wildman–Crippen LogP) is 1.45. The summed E-state index contributed by atoms with van der Waals surface area (Å²) in [5.74, 6) is 6.25. The average molecular weight is 299 g/mol. The minimum atomic E-state index is -4.32. The SMILES string of the molecule is Cn1ncnc1CC(Cc1ccc(C(F)(F)F)cc1)NN. The van der Waals surface area contributed by atoms with E-state index >= 15 is 0 Å². The number of aryl methyl sites for hydroxylation is 1. The summed E-state index contributed by atoms with van der Waals surface area (Å²) in [6, 6.07) is 4.94. The van der Waals surface area contributed by atoms with Crippen molar-refractivity contribution in [3.05, 3.63) is 47.5 Å². The highest BCUT2D eigenvalue weighted by Crippen LogP contribution is 2.29. The van der Waals surface area contributed by atoms with Gasteiger partial charge in [-0.3, -0.25) is 16.0 Å². The summed E-state index contributed by atoms with van der Waals surface area (Å²) in [7, 11) is 1.77. The van der Waals surface area contributed by atoms with Gasteiger partial charge in [-0.15, -0.1) is 0 Å². The van der Waals surface area contributed by atoms with Gasteiger partial charge in [0.25, 0.3) is 0 Å². The van der Waals surface area contributed by atoms with Crippen molar-refractivity contribution in [1.82, 2.24) is 20.2 Å². The number of hydrogen-bond donors (Lipinski definition) is 2. The fourth-order valence-corrected chi connectivity index (χ4v) is 2.03. The lowest BCUT2D eigenvalue weighted by molar-refractivity contribution is -0.137. The van der Waals surface area contributed by atoms with E-state index in [1.165, 1.54) is 18.5 Å². The van der Waals surface area contributed by atoms with Gasteiger partial charge < -0.3 is 0 Å². The van der Waals surface area contributed by atoms with E-state index in [9.17, 15) is 13.2 Å². The van der Waals surface area contributed by atoms with Crippen molar-refractivity contribution in [2.24, 2.45) is 12.9 Å². The maximum Gasteiger partial charge on any atom is 0.416 e. The quantitative estimate of drug-likeness (QED) is 0.648. The number of alkyl halides is 3. The van der Waals surface area contributed by atoms with Crippen LogP contribution in [0.1, 0.15) is 17.0 Å². The molecule has 1 heterocycles. The molecule has 5 nitrogen and oxygen atoms in total. The summed E-state index contributed by atoms with van der Waals surface area (Å²) in [5, 5.41) is 3.96. The summed E-state index contributed by atoms with van der Waals surface area (Å²) in [6.45, 7) is 0. The van der Waals surface area contributed by atoms with Crippen molar-refractivity contribution in [3.63, 3.8) is 0 Å². The fourth-order valence-electron chi connectivity index (χ4n) is 2.03. The van der Waals surface area contributed by atoms with Crippen LogP contribution >= 0.6 is 0 Å². The lowest BCUT2D eigenvalue weighted by Crippen LogP contribution is -2.39. The van der Waals surface area contributed by atoms with Gasteiger partial charge in [0.1, 0.15) is 12.2 Å². The van der Waals surface area contributed by atoms with Crippen LogP contribution in [0, 0.1) is 0 Å². The molecule has 0 saturated heterocycles. The second-order valence-electron chi connectivity index (χ2n) is 4.77. The summed E-state index contributed by atoms with van der Waals surface area (Å²) >= 11 is 0. The Hall–Kier alpha value is -1.93. The van der Waals surface area contributed by atoms with Gasteiger partial charge in [0, 0.05) is 19.5 Å². The van der Waals surface area contributed by atoms with Gasteiger partial charge in [0.2, 0.25) is 0 Å². The lowest BCUT2D eigenvalue weighted by atomic mass is 10.0. The molecule has 1 unspecified atom stereocenters. The van der Waals surface area contributed by atoms with Crippen LogP contribution in [0.4, 0.5) is 13.2 Å². The van der Waals surface area contributed by atoms with Gasteiger partial charge in [0.05, 0.1) is 5.56 Å². The zero-order valence-corrected chi connectivity index (χ0v) is 11.4. The minimum absolute atomic E-state index is 0.135. The Bertz CT molecular complexity index is 576. The van der Waals surface area contributed by atoms with Crippen LogP contribution in [0.15, 0.2) is 30.6 Å². The zero-order chi connectivity index (χ0) is 15.5. The van der Waals surface area contributed by atoms with E-state index in [1.54, 1.807) is 11.7 Å². The van der Waals surface area contributed by atoms with Crippen LogP contribution in [0.5, 0.6) is 0 Å². The van der Waals surface area contributed by atoms with Gasteiger partial charge in [-0.1, -0.05) is 12.1 Å². The van der Waals surface area contributed by atoms with Crippen LogP contribution in [-0.4, -0.2) is 20.8 Å². The number of nitrogens with two attached hydrogens (primary N) is 1. The first-order chi connectivity index (χ1) is 9.90. The van der Waals surface area contributed by atoms with Crippen LogP contribution in [0.3, 0.4) is 0 Å². The number of aromatic nitrogens is 3. The van der Waals surface area contributed by atoms with Crippen LogP contribution in [-0.2, 0) is 26.1 Å². The summed E-state index contributed by atoms with van der Waals surface area (Å²) < 4.78 is 39.1. The second-order valence-corrected chi connectivity index (χ2v) is 4.77. The van der Waals surface area contributed by atoms with Crippen LogP contribution in [0.25, 0.3) is 0 Å². The maximum absolute atomic E-state index is 12.5. The van der Waals surface area contributed by atoms with Crippen LogP contribution in [0.2, 0.25) is 0 Å². The molecule has 0 aliphatic rings. The van der Waals surface area contributed by atoms with Crippen molar-refractivity contribution >= 4 is 0 Å². The van der Waals surface area contributed by atoms with Gasteiger partial charge in [-0.2, -0.15) is 18.3 Å². The number of benzene rings is 1. The van der Waals surface area contributed by atoms with Crippen molar-refractivity contribution in [1.29, 1.82) is 0 Å². The molecule has 1 aromatic heterocycles. The Morgan fingerprint density at radius 3 is 2.38 bits per heavy atom. The Morgan fingerprint density at radius 1 is 1.24 bits per heavy atom. The Labute approximate surface area is 119 Å². The van der Waals surface area contributed by atoms with Crippen LogP contribution < -0.4 is 11.3 Å². The molecule has 0 aliphatic carbocycles. The summed E-state index contributed by atoms with van der Waals surface area (Å²) in [4.78, 5) is 4.10. The lowest BCUT2D eigenvalue weighted by Gasteiger charge is -2.16. The first kappa shape index (κ1) is 15.5. The molecule has 1 aromatic carbocycles. The van der Waals surface area contributed by atoms with Crippen molar-refractivity contribution in [2.75, 3.05) is 0 Å². The number of nitrogens with one attached hydrogen (secondary N) is 1. The molecular formula is C13H16F3N5. The summed E-state index contributed by atoms with van der Waals surface area (Å²) in [6.07, 6.45) is -1.83. The molecule has 0 aliphatic heterocycles. The Balaban J connectivity index is 2.03. The molecule has 0 saturated carbocycles. The second kappa shape index (κ2) is 6.23. The molecular weight excluding hydrogens is 283 g/mol. The number of nitrogens with zero attached hydrogens (tertiary/aromatic N) is 3. The Morgan fingerprint density at radius 2 is 1.90 bits per heavy atom. The van der Waals surface area contributed by atoms with E-state index in [-0.39, 0.29) is 6.04 Å². The van der Waals surface area contributed by atoms with Gasteiger partial charge >= 0.3 is 6.18 Å². The summed E-state index contributed by atoms with van der Waals surface area (Å²) in [5.41, 5.74) is 2.77. The maximum atomic E-state index is 12.5. The monoisotopic (exact) mass is 299 g/mol. The van der Waals surface area contributed by atoms with Crippen molar-refractivity contribution < 1.29 is 13.2 Å². The molecule has 8 heteroatoms. The molecule has 2 aromatic rings. The van der Waals surface area contributed by atoms with E-state index in [0.29, 0.717) is 12.8 Å². The minimum Gasteiger partial charge on any atom is -0.271 e. The molecule has 0 fully saturated rings. The topological polar surface area (TPSA) is 68.8 Å². The number of hydrogen-bond acceptors (Lipinski definition) is 4.